The average Bonchev–Trinajstić information content (AvgIpc) is 2.96. The van der Waals surface area contributed by atoms with Crippen molar-refractivity contribution in [3.63, 3.8) is 0 Å². The summed E-state index contributed by atoms with van der Waals surface area (Å²) in [5.74, 6) is -0.482. The highest BCUT2D eigenvalue weighted by Gasteiger charge is 2.24. The van der Waals surface area contributed by atoms with Crippen LogP contribution in [0.4, 0.5) is 10.1 Å². The fraction of sp³-hybridized carbons (Fsp3) is 0.441. The number of nitrogens with zero attached hydrogens (tertiary/aromatic N) is 2. The third kappa shape index (κ3) is 7.22. The van der Waals surface area contributed by atoms with Gasteiger partial charge in [-0.05, 0) is 72.6 Å². The second-order valence-electron chi connectivity index (χ2n) is 12.3. The van der Waals surface area contributed by atoms with E-state index in [4.69, 9.17) is 4.74 Å². The Bertz CT molecular complexity index is 1260. The van der Waals surface area contributed by atoms with Crippen LogP contribution in [0.25, 0.3) is 0 Å². The third-order valence-electron chi connectivity index (χ3n) is 8.20. The number of hydrogen-bond donors (Lipinski definition) is 1. The normalized spacial score (nSPS) is 17.6. The molecule has 2 heterocycles. The van der Waals surface area contributed by atoms with Crippen LogP contribution in [0.5, 0.6) is 5.75 Å². The molecule has 3 aromatic carbocycles. The van der Waals surface area contributed by atoms with Crippen LogP contribution in [-0.4, -0.2) is 49.1 Å². The molecule has 0 saturated carbocycles. The maximum atomic E-state index is 14.9. The first-order valence-electron chi connectivity index (χ1n) is 14.6. The smallest absolute Gasteiger partial charge is 0.251 e. The predicted molar refractivity (Wildman–Crippen MR) is 160 cm³/mol. The highest BCUT2D eigenvalue weighted by molar-refractivity contribution is 5.94. The van der Waals surface area contributed by atoms with Gasteiger partial charge in [0.15, 0.2) is 11.6 Å². The van der Waals surface area contributed by atoms with Crippen molar-refractivity contribution < 1.29 is 13.9 Å². The number of benzene rings is 3. The molecule has 0 bridgehead atoms. The number of carbonyl (C=O) groups excluding carboxylic acids is 1. The van der Waals surface area contributed by atoms with Crippen LogP contribution in [-0.2, 0) is 12.0 Å². The Morgan fingerprint density at radius 2 is 1.57 bits per heavy atom. The van der Waals surface area contributed by atoms with Crippen molar-refractivity contribution in [1.29, 1.82) is 0 Å². The molecule has 0 spiro atoms. The number of hydrogen-bond acceptors (Lipinski definition) is 4. The molecule has 212 valence electrons. The molecule has 3 aromatic rings. The van der Waals surface area contributed by atoms with Crippen LogP contribution in [0.1, 0.15) is 67.9 Å². The molecule has 2 aliphatic heterocycles. The van der Waals surface area contributed by atoms with Crippen LogP contribution in [0, 0.1) is 5.82 Å². The molecular weight excluding hydrogens is 501 g/mol. The Morgan fingerprint density at radius 1 is 0.900 bits per heavy atom. The molecule has 0 unspecified atom stereocenters. The molecule has 1 amide bonds. The van der Waals surface area contributed by atoms with E-state index in [0.29, 0.717) is 5.56 Å². The Balaban J connectivity index is 1.07. The fourth-order valence-corrected chi connectivity index (χ4v) is 5.66. The van der Waals surface area contributed by atoms with Crippen molar-refractivity contribution in [3.8, 4) is 5.75 Å². The second kappa shape index (κ2) is 12.4. The summed E-state index contributed by atoms with van der Waals surface area (Å²) >= 11 is 0. The Morgan fingerprint density at radius 3 is 2.20 bits per heavy atom. The number of piperidine rings is 2. The van der Waals surface area contributed by atoms with Crippen LogP contribution < -0.4 is 15.0 Å². The fourth-order valence-electron chi connectivity index (χ4n) is 5.66. The quantitative estimate of drug-likeness (QED) is 0.366. The van der Waals surface area contributed by atoms with E-state index in [-0.39, 0.29) is 29.2 Å². The molecule has 2 fully saturated rings. The van der Waals surface area contributed by atoms with Crippen molar-refractivity contribution in [2.75, 3.05) is 31.1 Å². The first-order chi connectivity index (χ1) is 19.2. The lowest BCUT2D eigenvalue weighted by molar-refractivity contribution is 0.0921. The molecule has 2 saturated heterocycles. The van der Waals surface area contributed by atoms with E-state index in [2.05, 4.69) is 72.3 Å². The standard InChI is InChI=1S/C34H42FN3O2/c1-34(2,3)27-12-9-25(10-13-27)24-37-19-17-30(18-20-37)40-32-14-11-26(23-31(32)35)33(39)36-28-15-21-38(22-16-28)29-7-5-4-6-8-29/h4-14,23,28,30H,15-22,24H2,1-3H3,(H,36,39). The number of amides is 1. The summed E-state index contributed by atoms with van der Waals surface area (Å²) in [6.07, 6.45) is 3.41. The van der Waals surface area contributed by atoms with E-state index in [1.54, 1.807) is 12.1 Å². The second-order valence-corrected chi connectivity index (χ2v) is 12.3. The molecule has 0 aromatic heterocycles. The summed E-state index contributed by atoms with van der Waals surface area (Å²) in [4.78, 5) is 17.6. The van der Waals surface area contributed by atoms with Gasteiger partial charge in [-0.3, -0.25) is 9.69 Å². The van der Waals surface area contributed by atoms with E-state index in [9.17, 15) is 9.18 Å². The lowest BCUT2D eigenvalue weighted by atomic mass is 9.86. The Labute approximate surface area is 238 Å². The van der Waals surface area contributed by atoms with Gasteiger partial charge in [0, 0.05) is 50.0 Å². The first kappa shape index (κ1) is 28.2. The molecule has 5 nitrogen and oxygen atoms in total. The van der Waals surface area contributed by atoms with Gasteiger partial charge in [0.1, 0.15) is 6.10 Å². The average molecular weight is 544 g/mol. The van der Waals surface area contributed by atoms with E-state index in [1.165, 1.54) is 22.9 Å². The minimum Gasteiger partial charge on any atom is -0.487 e. The summed E-state index contributed by atoms with van der Waals surface area (Å²) in [5.41, 5.74) is 4.36. The SMILES string of the molecule is CC(C)(C)c1ccc(CN2CCC(Oc3ccc(C(=O)NC4CCN(c5ccccc5)CC4)cc3F)CC2)cc1. The van der Waals surface area contributed by atoms with Crippen molar-refractivity contribution in [2.24, 2.45) is 0 Å². The highest BCUT2D eigenvalue weighted by atomic mass is 19.1. The lowest BCUT2D eigenvalue weighted by Gasteiger charge is -2.34. The molecule has 6 heteroatoms. The summed E-state index contributed by atoms with van der Waals surface area (Å²) in [6, 6.07) is 23.9. The summed E-state index contributed by atoms with van der Waals surface area (Å²) in [5, 5.41) is 3.09. The van der Waals surface area contributed by atoms with Crippen molar-refractivity contribution in [1.82, 2.24) is 10.2 Å². The predicted octanol–water partition coefficient (Wildman–Crippen LogP) is 6.57. The van der Waals surface area contributed by atoms with E-state index in [1.807, 2.05) is 18.2 Å². The van der Waals surface area contributed by atoms with Gasteiger partial charge in [0.05, 0.1) is 0 Å². The molecule has 0 aliphatic carbocycles. The zero-order valence-corrected chi connectivity index (χ0v) is 24.0. The number of halogens is 1. The molecule has 0 atom stereocenters. The molecule has 40 heavy (non-hydrogen) atoms. The van der Waals surface area contributed by atoms with Crippen LogP contribution in [0.15, 0.2) is 72.8 Å². The van der Waals surface area contributed by atoms with Gasteiger partial charge in [-0.1, -0.05) is 63.2 Å². The van der Waals surface area contributed by atoms with Crippen LogP contribution >= 0.6 is 0 Å². The van der Waals surface area contributed by atoms with E-state index < -0.39 is 5.82 Å². The van der Waals surface area contributed by atoms with Gasteiger partial charge in [0.2, 0.25) is 0 Å². The molecule has 5 rings (SSSR count). The first-order valence-corrected chi connectivity index (χ1v) is 14.6. The van der Waals surface area contributed by atoms with Crippen molar-refractivity contribution in [2.45, 2.75) is 70.6 Å². The Kier molecular flexibility index (Phi) is 8.75. The molecule has 2 aliphatic rings. The lowest BCUT2D eigenvalue weighted by Crippen LogP contribution is -2.44. The van der Waals surface area contributed by atoms with Gasteiger partial charge < -0.3 is 15.0 Å². The minimum atomic E-state index is -0.479. The summed E-state index contributed by atoms with van der Waals surface area (Å²) < 4.78 is 21.0. The van der Waals surface area contributed by atoms with Gasteiger partial charge in [-0.2, -0.15) is 0 Å². The number of para-hydroxylation sites is 1. The largest absolute Gasteiger partial charge is 0.487 e. The number of carbonyl (C=O) groups is 1. The van der Waals surface area contributed by atoms with Gasteiger partial charge >= 0.3 is 0 Å². The molecular formula is C34H42FN3O2. The van der Waals surface area contributed by atoms with Crippen LogP contribution in [0.3, 0.4) is 0 Å². The highest BCUT2D eigenvalue weighted by Crippen LogP contribution is 2.26. The topological polar surface area (TPSA) is 44.8 Å². The molecule has 0 radical (unpaired) electrons. The maximum Gasteiger partial charge on any atom is 0.251 e. The number of likely N-dealkylation sites (tertiary alicyclic amines) is 1. The van der Waals surface area contributed by atoms with Gasteiger partial charge in [-0.25, -0.2) is 4.39 Å². The van der Waals surface area contributed by atoms with Crippen LogP contribution in [0.2, 0.25) is 0 Å². The monoisotopic (exact) mass is 543 g/mol. The van der Waals surface area contributed by atoms with Gasteiger partial charge in [-0.15, -0.1) is 0 Å². The Hall–Kier alpha value is -3.38. The zero-order chi connectivity index (χ0) is 28.1. The van der Waals surface area contributed by atoms with Crippen molar-refractivity contribution in [3.05, 3.63) is 95.3 Å². The molecule has 1 N–H and O–H groups in total. The minimum absolute atomic E-state index is 0.0245. The maximum absolute atomic E-state index is 14.9. The number of rotatable bonds is 7. The third-order valence-corrected chi connectivity index (χ3v) is 8.20. The zero-order valence-electron chi connectivity index (χ0n) is 24.0. The number of anilines is 1. The number of ether oxygens (including phenoxy) is 1. The van der Waals surface area contributed by atoms with Gasteiger partial charge in [0.25, 0.3) is 5.91 Å². The van der Waals surface area contributed by atoms with E-state index >= 15 is 0 Å². The number of nitrogens with one attached hydrogen (secondary N) is 1. The van der Waals surface area contributed by atoms with E-state index in [0.717, 1.165) is 58.4 Å². The summed E-state index contributed by atoms with van der Waals surface area (Å²) in [7, 11) is 0. The van der Waals surface area contributed by atoms with Crippen molar-refractivity contribution >= 4 is 11.6 Å². The summed E-state index contributed by atoms with van der Waals surface area (Å²) in [6.45, 7) is 11.2.